The third kappa shape index (κ3) is 2.76. The van der Waals surface area contributed by atoms with Gasteiger partial charge in [-0.05, 0) is 24.3 Å². The van der Waals surface area contributed by atoms with E-state index in [4.69, 9.17) is 10.5 Å². The fraction of sp³-hybridized carbons (Fsp3) is 0. The van der Waals surface area contributed by atoms with Gasteiger partial charge >= 0.3 is 0 Å². The van der Waals surface area contributed by atoms with Gasteiger partial charge in [0, 0.05) is 5.69 Å². The number of halogens is 2. The number of nitro benzene ring substituents is 1. The second-order valence-electron chi connectivity index (χ2n) is 3.67. The van der Waals surface area contributed by atoms with Gasteiger partial charge in [0.15, 0.2) is 17.4 Å². The summed E-state index contributed by atoms with van der Waals surface area (Å²) in [6.07, 6.45) is 0. The molecule has 0 aliphatic heterocycles. The Kier molecular flexibility index (Phi) is 3.28. The summed E-state index contributed by atoms with van der Waals surface area (Å²) in [5.41, 5.74) is 5.24. The van der Waals surface area contributed by atoms with Crippen molar-refractivity contribution >= 4 is 11.4 Å². The van der Waals surface area contributed by atoms with Gasteiger partial charge in [0.05, 0.1) is 17.1 Å². The van der Waals surface area contributed by atoms with Crippen LogP contribution in [0.2, 0.25) is 0 Å². The first-order valence-corrected chi connectivity index (χ1v) is 5.14. The molecule has 0 radical (unpaired) electrons. The van der Waals surface area contributed by atoms with Gasteiger partial charge in [0.2, 0.25) is 0 Å². The molecule has 0 aliphatic carbocycles. The second kappa shape index (κ2) is 4.89. The van der Waals surface area contributed by atoms with Crippen molar-refractivity contribution in [3.05, 3.63) is 58.1 Å². The van der Waals surface area contributed by atoms with E-state index in [9.17, 15) is 18.9 Å². The fourth-order valence-corrected chi connectivity index (χ4v) is 1.40. The molecule has 2 aromatic carbocycles. The van der Waals surface area contributed by atoms with Crippen molar-refractivity contribution in [3.63, 3.8) is 0 Å². The van der Waals surface area contributed by atoms with Crippen LogP contribution in [0.4, 0.5) is 20.2 Å². The summed E-state index contributed by atoms with van der Waals surface area (Å²) in [4.78, 5) is 9.54. The third-order valence-electron chi connectivity index (χ3n) is 2.29. The summed E-state index contributed by atoms with van der Waals surface area (Å²) >= 11 is 0. The van der Waals surface area contributed by atoms with Crippen molar-refractivity contribution in [1.82, 2.24) is 0 Å². The Bertz CT molecular complexity index is 606. The van der Waals surface area contributed by atoms with E-state index in [2.05, 4.69) is 0 Å². The maximum Gasteiger partial charge on any atom is 0.275 e. The normalized spacial score (nSPS) is 10.2. The summed E-state index contributed by atoms with van der Waals surface area (Å²) in [5.74, 6) is -2.83. The zero-order valence-corrected chi connectivity index (χ0v) is 9.47. The van der Waals surface area contributed by atoms with E-state index >= 15 is 0 Å². The van der Waals surface area contributed by atoms with E-state index in [0.717, 1.165) is 0 Å². The second-order valence-corrected chi connectivity index (χ2v) is 3.67. The molecule has 98 valence electrons. The number of anilines is 1. The first-order chi connectivity index (χ1) is 8.97. The molecule has 0 bridgehead atoms. The summed E-state index contributed by atoms with van der Waals surface area (Å²) in [5, 5.41) is 10.4. The lowest BCUT2D eigenvalue weighted by Crippen LogP contribution is -1.96. The summed E-state index contributed by atoms with van der Waals surface area (Å²) in [6, 6.07) is 7.03. The minimum atomic E-state index is -1.15. The highest BCUT2D eigenvalue weighted by Gasteiger charge is 2.18. The maximum atomic E-state index is 13.5. The van der Waals surface area contributed by atoms with Crippen LogP contribution >= 0.6 is 0 Å². The smallest absolute Gasteiger partial charge is 0.275 e. The van der Waals surface area contributed by atoms with Crippen molar-refractivity contribution in [2.24, 2.45) is 0 Å². The monoisotopic (exact) mass is 266 g/mol. The van der Waals surface area contributed by atoms with Crippen LogP contribution in [-0.4, -0.2) is 4.92 Å². The molecular formula is C12H8F2N2O3. The third-order valence-corrected chi connectivity index (χ3v) is 2.29. The molecule has 2 aromatic rings. The number of benzene rings is 2. The molecule has 0 unspecified atom stereocenters. The number of nitrogens with zero attached hydrogens (tertiary/aromatic N) is 1. The highest BCUT2D eigenvalue weighted by molar-refractivity contribution is 5.45. The van der Waals surface area contributed by atoms with Crippen LogP contribution in [0.3, 0.4) is 0 Å². The number of ether oxygens (including phenoxy) is 1. The molecule has 0 spiro atoms. The lowest BCUT2D eigenvalue weighted by Gasteiger charge is -2.07. The van der Waals surface area contributed by atoms with Gasteiger partial charge in [-0.3, -0.25) is 10.1 Å². The molecule has 7 heteroatoms. The molecule has 0 fully saturated rings. The lowest BCUT2D eigenvalue weighted by atomic mass is 10.2. The molecule has 0 aromatic heterocycles. The topological polar surface area (TPSA) is 78.4 Å². The number of nitrogens with two attached hydrogens (primary N) is 1. The molecule has 0 saturated carbocycles. The van der Waals surface area contributed by atoms with E-state index < -0.39 is 28.0 Å². The Balaban J connectivity index is 2.35. The zero-order chi connectivity index (χ0) is 14.0. The number of nitrogen functional groups attached to an aromatic ring is 1. The number of hydrogen-bond donors (Lipinski definition) is 1. The predicted octanol–water partition coefficient (Wildman–Crippen LogP) is 3.25. The minimum absolute atomic E-state index is 0.167. The Hall–Kier alpha value is -2.70. The lowest BCUT2D eigenvalue weighted by molar-refractivity contribution is -0.385. The van der Waals surface area contributed by atoms with Crippen LogP contribution in [0, 0.1) is 21.7 Å². The van der Waals surface area contributed by atoms with Crippen LogP contribution in [0.25, 0.3) is 0 Å². The molecule has 2 N–H and O–H groups in total. The van der Waals surface area contributed by atoms with E-state index in [-0.39, 0.29) is 5.75 Å². The van der Waals surface area contributed by atoms with Gasteiger partial charge in [-0.1, -0.05) is 0 Å². The van der Waals surface area contributed by atoms with Crippen molar-refractivity contribution in [3.8, 4) is 11.5 Å². The predicted molar refractivity (Wildman–Crippen MR) is 63.9 cm³/mol. The Morgan fingerprint density at radius 1 is 1.11 bits per heavy atom. The number of nitro groups is 1. The first kappa shape index (κ1) is 12.7. The number of hydrogen-bond acceptors (Lipinski definition) is 4. The Morgan fingerprint density at radius 3 is 2.11 bits per heavy atom. The maximum absolute atomic E-state index is 13.5. The highest BCUT2D eigenvalue weighted by Crippen LogP contribution is 2.31. The van der Waals surface area contributed by atoms with Gasteiger partial charge in [0.25, 0.3) is 5.69 Å². The number of rotatable bonds is 3. The quantitative estimate of drug-likeness (QED) is 0.525. The zero-order valence-electron chi connectivity index (χ0n) is 9.47. The molecule has 0 saturated heterocycles. The van der Waals surface area contributed by atoms with Gasteiger partial charge in [0.1, 0.15) is 5.75 Å². The molecule has 2 rings (SSSR count). The van der Waals surface area contributed by atoms with Crippen molar-refractivity contribution in [1.29, 1.82) is 0 Å². The fourth-order valence-electron chi connectivity index (χ4n) is 1.40. The average molecular weight is 266 g/mol. The first-order valence-electron chi connectivity index (χ1n) is 5.14. The van der Waals surface area contributed by atoms with Crippen LogP contribution < -0.4 is 10.5 Å². The highest BCUT2D eigenvalue weighted by atomic mass is 19.1. The van der Waals surface area contributed by atoms with E-state index in [1.54, 1.807) is 0 Å². The van der Waals surface area contributed by atoms with E-state index in [0.29, 0.717) is 17.8 Å². The van der Waals surface area contributed by atoms with Crippen molar-refractivity contribution in [2.75, 3.05) is 5.73 Å². The van der Waals surface area contributed by atoms with Crippen molar-refractivity contribution in [2.45, 2.75) is 0 Å². The molecule has 0 amide bonds. The summed E-state index contributed by atoms with van der Waals surface area (Å²) < 4.78 is 32.1. The average Bonchev–Trinajstić information content (AvgIpc) is 2.35. The molecule has 0 aliphatic rings. The molecule has 0 atom stereocenters. The van der Waals surface area contributed by atoms with Crippen LogP contribution in [0.1, 0.15) is 0 Å². The molecular weight excluding hydrogens is 258 g/mol. The van der Waals surface area contributed by atoms with Crippen molar-refractivity contribution < 1.29 is 18.4 Å². The van der Waals surface area contributed by atoms with Gasteiger partial charge in [-0.25, -0.2) is 8.78 Å². The van der Waals surface area contributed by atoms with Crippen LogP contribution in [0.5, 0.6) is 11.5 Å². The van der Waals surface area contributed by atoms with Crippen LogP contribution in [0.15, 0.2) is 36.4 Å². The molecule has 0 heterocycles. The minimum Gasteiger partial charge on any atom is -0.451 e. The van der Waals surface area contributed by atoms with Crippen LogP contribution in [-0.2, 0) is 0 Å². The standard InChI is InChI=1S/C12H8F2N2O3/c13-10-5-8(16(17)18)6-11(14)12(10)19-9-3-1-7(15)2-4-9/h1-6H,15H2. The van der Waals surface area contributed by atoms with E-state index in [1.807, 2.05) is 0 Å². The SMILES string of the molecule is Nc1ccc(Oc2c(F)cc([N+](=O)[O-])cc2F)cc1. The van der Waals surface area contributed by atoms with Gasteiger partial charge in [-0.15, -0.1) is 0 Å². The number of non-ortho nitro benzene ring substituents is 1. The van der Waals surface area contributed by atoms with E-state index in [1.165, 1.54) is 24.3 Å². The summed E-state index contributed by atoms with van der Waals surface area (Å²) in [6.45, 7) is 0. The van der Waals surface area contributed by atoms with Gasteiger partial charge < -0.3 is 10.5 Å². The van der Waals surface area contributed by atoms with Gasteiger partial charge in [-0.2, -0.15) is 0 Å². The molecule has 5 nitrogen and oxygen atoms in total. The Morgan fingerprint density at radius 2 is 1.63 bits per heavy atom. The largest absolute Gasteiger partial charge is 0.451 e. The summed E-state index contributed by atoms with van der Waals surface area (Å²) in [7, 11) is 0. The molecule has 19 heavy (non-hydrogen) atoms. The Labute approximate surface area is 106 Å².